The Balaban J connectivity index is 2.03. The minimum atomic E-state index is 0.111. The van der Waals surface area contributed by atoms with E-state index in [1.807, 2.05) is 42.5 Å². The lowest BCUT2D eigenvalue weighted by Crippen LogP contribution is -2.19. The Bertz CT molecular complexity index is 643. The average molecular weight is 304 g/mol. The molecule has 4 nitrogen and oxygen atoms in total. The van der Waals surface area contributed by atoms with E-state index in [0.29, 0.717) is 12.1 Å². The van der Waals surface area contributed by atoms with Crippen LogP contribution in [0.15, 0.2) is 53.7 Å². The van der Waals surface area contributed by atoms with Crippen LogP contribution in [0.5, 0.6) is 0 Å². The van der Waals surface area contributed by atoms with Gasteiger partial charge in [-0.15, -0.1) is 0 Å². The van der Waals surface area contributed by atoms with Crippen LogP contribution in [-0.2, 0) is 6.54 Å². The van der Waals surface area contributed by atoms with E-state index in [1.54, 1.807) is 6.07 Å². The maximum absolute atomic E-state index is 8.71. The number of halogens is 1. The number of nitrogens with two attached hydrogens (primary N) is 1. The molecule has 2 aromatic carbocycles. The van der Waals surface area contributed by atoms with E-state index in [4.69, 9.17) is 22.5 Å². The van der Waals surface area contributed by atoms with Crippen molar-refractivity contribution in [2.24, 2.45) is 10.9 Å². The molecule has 0 aliphatic rings. The lowest BCUT2D eigenvalue weighted by molar-refractivity contribution is 0.318. The SMILES string of the molecule is C[C@@H](NCc1cccc(/C(N)=N/O)c1)c1cccc(Cl)c1. The van der Waals surface area contributed by atoms with Crippen LogP contribution in [0.2, 0.25) is 5.02 Å². The molecule has 21 heavy (non-hydrogen) atoms. The first kappa shape index (κ1) is 15.4. The van der Waals surface area contributed by atoms with E-state index in [2.05, 4.69) is 17.4 Å². The number of amidine groups is 1. The zero-order valence-electron chi connectivity index (χ0n) is 11.8. The van der Waals surface area contributed by atoms with E-state index >= 15 is 0 Å². The molecule has 0 aliphatic heterocycles. The third-order valence-corrected chi connectivity index (χ3v) is 3.53. The molecule has 0 bridgehead atoms. The number of nitrogens with one attached hydrogen (secondary N) is 1. The molecule has 0 spiro atoms. The van der Waals surface area contributed by atoms with Gasteiger partial charge in [0, 0.05) is 23.2 Å². The van der Waals surface area contributed by atoms with Gasteiger partial charge in [-0.3, -0.25) is 0 Å². The van der Waals surface area contributed by atoms with Crippen molar-refractivity contribution in [1.29, 1.82) is 0 Å². The van der Waals surface area contributed by atoms with Crippen molar-refractivity contribution in [2.75, 3.05) is 0 Å². The van der Waals surface area contributed by atoms with Crippen LogP contribution in [0.25, 0.3) is 0 Å². The van der Waals surface area contributed by atoms with Gasteiger partial charge in [-0.1, -0.05) is 47.1 Å². The Morgan fingerprint density at radius 2 is 2.05 bits per heavy atom. The highest BCUT2D eigenvalue weighted by Crippen LogP contribution is 2.18. The molecular weight excluding hydrogens is 286 g/mol. The van der Waals surface area contributed by atoms with Gasteiger partial charge in [0.15, 0.2) is 5.84 Å². The smallest absolute Gasteiger partial charge is 0.170 e. The van der Waals surface area contributed by atoms with Gasteiger partial charge >= 0.3 is 0 Å². The molecule has 0 aliphatic carbocycles. The zero-order chi connectivity index (χ0) is 15.2. The summed E-state index contributed by atoms with van der Waals surface area (Å²) in [5.41, 5.74) is 8.49. The first-order valence-electron chi connectivity index (χ1n) is 6.66. The fourth-order valence-corrected chi connectivity index (χ4v) is 2.26. The van der Waals surface area contributed by atoms with Crippen LogP contribution in [0.3, 0.4) is 0 Å². The lowest BCUT2D eigenvalue weighted by atomic mass is 10.1. The van der Waals surface area contributed by atoms with E-state index in [-0.39, 0.29) is 11.9 Å². The molecule has 2 rings (SSSR count). The molecule has 0 heterocycles. The predicted octanol–water partition coefficient (Wildman–Crippen LogP) is 3.29. The first-order chi connectivity index (χ1) is 10.1. The Kier molecular flexibility index (Phi) is 5.20. The number of nitrogens with zero attached hydrogens (tertiary/aromatic N) is 1. The van der Waals surface area contributed by atoms with E-state index in [0.717, 1.165) is 16.1 Å². The molecule has 0 saturated carbocycles. The maximum atomic E-state index is 8.71. The molecule has 110 valence electrons. The Morgan fingerprint density at radius 1 is 1.29 bits per heavy atom. The molecule has 0 fully saturated rings. The molecule has 0 unspecified atom stereocenters. The number of hydrogen-bond donors (Lipinski definition) is 3. The van der Waals surface area contributed by atoms with Gasteiger partial charge in [0.25, 0.3) is 0 Å². The molecule has 0 aromatic heterocycles. The quantitative estimate of drug-likeness (QED) is 0.343. The number of oxime groups is 1. The van der Waals surface area contributed by atoms with Crippen molar-refractivity contribution in [2.45, 2.75) is 19.5 Å². The van der Waals surface area contributed by atoms with Gasteiger partial charge in [0.05, 0.1) is 0 Å². The number of hydrogen-bond acceptors (Lipinski definition) is 3. The minimum Gasteiger partial charge on any atom is -0.409 e. The van der Waals surface area contributed by atoms with Crippen LogP contribution in [0.1, 0.15) is 29.7 Å². The topological polar surface area (TPSA) is 70.6 Å². The molecule has 0 amide bonds. The van der Waals surface area contributed by atoms with Crippen molar-refractivity contribution in [3.05, 3.63) is 70.2 Å². The van der Waals surface area contributed by atoms with Gasteiger partial charge in [0.2, 0.25) is 0 Å². The van der Waals surface area contributed by atoms with Crippen molar-refractivity contribution in [3.63, 3.8) is 0 Å². The predicted molar refractivity (Wildman–Crippen MR) is 85.7 cm³/mol. The van der Waals surface area contributed by atoms with Gasteiger partial charge < -0.3 is 16.3 Å². The minimum absolute atomic E-state index is 0.111. The summed E-state index contributed by atoms with van der Waals surface area (Å²) < 4.78 is 0. The first-order valence-corrected chi connectivity index (χ1v) is 7.03. The highest BCUT2D eigenvalue weighted by molar-refractivity contribution is 6.30. The van der Waals surface area contributed by atoms with Crippen LogP contribution in [-0.4, -0.2) is 11.0 Å². The summed E-state index contributed by atoms with van der Waals surface area (Å²) in [6.45, 7) is 2.76. The van der Waals surface area contributed by atoms with Crippen molar-refractivity contribution in [3.8, 4) is 0 Å². The average Bonchev–Trinajstić information content (AvgIpc) is 2.52. The zero-order valence-corrected chi connectivity index (χ0v) is 12.5. The van der Waals surface area contributed by atoms with Crippen molar-refractivity contribution < 1.29 is 5.21 Å². The highest BCUT2D eigenvalue weighted by atomic mass is 35.5. The molecule has 2 aromatic rings. The fraction of sp³-hybridized carbons (Fsp3) is 0.188. The third-order valence-electron chi connectivity index (χ3n) is 3.29. The molecule has 5 heteroatoms. The second-order valence-electron chi connectivity index (χ2n) is 4.84. The van der Waals surface area contributed by atoms with E-state index in [9.17, 15) is 0 Å². The summed E-state index contributed by atoms with van der Waals surface area (Å²) in [6, 6.07) is 15.5. The summed E-state index contributed by atoms with van der Waals surface area (Å²) in [5.74, 6) is 0.111. The van der Waals surface area contributed by atoms with E-state index < -0.39 is 0 Å². The summed E-state index contributed by atoms with van der Waals surface area (Å²) >= 11 is 6.00. The Morgan fingerprint density at radius 3 is 2.76 bits per heavy atom. The molecule has 4 N–H and O–H groups in total. The molecular formula is C16H18ClN3O. The Hall–Kier alpha value is -2.04. The highest BCUT2D eigenvalue weighted by Gasteiger charge is 2.06. The van der Waals surface area contributed by atoms with Gasteiger partial charge in [0.1, 0.15) is 0 Å². The molecule has 0 radical (unpaired) electrons. The van der Waals surface area contributed by atoms with Crippen LogP contribution < -0.4 is 11.1 Å². The summed E-state index contributed by atoms with van der Waals surface area (Å²) in [6.07, 6.45) is 0. The normalized spacial score (nSPS) is 13.1. The second-order valence-corrected chi connectivity index (χ2v) is 5.28. The van der Waals surface area contributed by atoms with Crippen LogP contribution in [0, 0.1) is 0 Å². The monoisotopic (exact) mass is 303 g/mol. The van der Waals surface area contributed by atoms with Gasteiger partial charge in [-0.25, -0.2) is 0 Å². The summed E-state index contributed by atoms with van der Waals surface area (Å²) in [7, 11) is 0. The Labute approximate surface area is 129 Å². The standard InChI is InChI=1S/C16H18ClN3O/c1-11(13-5-3-7-15(17)9-13)19-10-12-4-2-6-14(8-12)16(18)20-21/h2-9,11,19,21H,10H2,1H3,(H2,18,20)/t11-/m1/s1. The molecule has 0 saturated heterocycles. The van der Waals surface area contributed by atoms with Crippen LogP contribution in [0.4, 0.5) is 0 Å². The summed E-state index contributed by atoms with van der Waals surface area (Å²) in [5, 5.41) is 15.9. The summed E-state index contributed by atoms with van der Waals surface area (Å²) in [4.78, 5) is 0. The number of benzene rings is 2. The number of rotatable bonds is 5. The van der Waals surface area contributed by atoms with Crippen LogP contribution >= 0.6 is 11.6 Å². The van der Waals surface area contributed by atoms with E-state index in [1.165, 1.54) is 0 Å². The third kappa shape index (κ3) is 4.21. The molecule has 1 atom stereocenters. The van der Waals surface area contributed by atoms with Crippen molar-refractivity contribution in [1.82, 2.24) is 5.32 Å². The second kappa shape index (κ2) is 7.11. The van der Waals surface area contributed by atoms with Gasteiger partial charge in [-0.05, 0) is 36.2 Å². The van der Waals surface area contributed by atoms with Crippen molar-refractivity contribution >= 4 is 17.4 Å². The largest absolute Gasteiger partial charge is 0.409 e. The fourth-order valence-electron chi connectivity index (χ4n) is 2.06. The lowest BCUT2D eigenvalue weighted by Gasteiger charge is -2.15. The van der Waals surface area contributed by atoms with Gasteiger partial charge in [-0.2, -0.15) is 0 Å². The maximum Gasteiger partial charge on any atom is 0.170 e.